The van der Waals surface area contributed by atoms with Crippen LogP contribution in [0.2, 0.25) is 5.02 Å². The Balaban J connectivity index is 2.16. The quantitative estimate of drug-likeness (QED) is 0.861. The summed E-state index contributed by atoms with van der Waals surface area (Å²) in [6.45, 7) is 7.70. The zero-order valence-electron chi connectivity index (χ0n) is 12.1. The SMILES string of the molecule is CCNC(Cc1ccc(C)cc1Cl)C1(C)CCCS1. The molecular formula is C16H24ClNS. The van der Waals surface area contributed by atoms with Crippen LogP contribution >= 0.6 is 23.4 Å². The van der Waals surface area contributed by atoms with Gasteiger partial charge in [0.05, 0.1) is 0 Å². The molecule has 1 heterocycles. The molecule has 1 aromatic rings. The van der Waals surface area contributed by atoms with Crippen LogP contribution in [0.15, 0.2) is 18.2 Å². The fourth-order valence-corrected chi connectivity index (χ4v) is 4.59. The van der Waals surface area contributed by atoms with E-state index < -0.39 is 0 Å². The zero-order valence-corrected chi connectivity index (χ0v) is 13.7. The normalized spacial score (nSPS) is 24.6. The van der Waals surface area contributed by atoms with E-state index in [1.165, 1.54) is 29.7 Å². The molecule has 1 saturated heterocycles. The molecule has 0 aromatic heterocycles. The summed E-state index contributed by atoms with van der Waals surface area (Å²) in [5, 5.41) is 4.59. The Bertz CT molecular complexity index is 427. The standard InChI is InChI=1S/C16H24ClNS/c1-4-18-15(16(3)8-5-9-19-16)11-13-7-6-12(2)10-14(13)17/h6-7,10,15,18H,4-5,8-9,11H2,1-3H3. The number of likely N-dealkylation sites (N-methyl/N-ethyl adjacent to an activating group) is 1. The van der Waals surface area contributed by atoms with Gasteiger partial charge in [-0.1, -0.05) is 30.7 Å². The molecule has 1 aliphatic rings. The van der Waals surface area contributed by atoms with Crippen molar-refractivity contribution in [1.82, 2.24) is 5.32 Å². The number of hydrogen-bond acceptors (Lipinski definition) is 2. The molecule has 1 aromatic carbocycles. The highest BCUT2D eigenvalue weighted by Gasteiger charge is 2.37. The summed E-state index contributed by atoms with van der Waals surface area (Å²) in [5.41, 5.74) is 2.50. The number of aryl methyl sites for hydroxylation is 1. The Kier molecular flexibility index (Phi) is 5.22. The second-order valence-electron chi connectivity index (χ2n) is 5.67. The van der Waals surface area contributed by atoms with Crippen molar-refractivity contribution in [1.29, 1.82) is 0 Å². The lowest BCUT2D eigenvalue weighted by molar-refractivity contribution is 0.406. The van der Waals surface area contributed by atoms with Crippen molar-refractivity contribution >= 4 is 23.4 Å². The molecule has 2 rings (SSSR count). The van der Waals surface area contributed by atoms with Gasteiger partial charge in [-0.3, -0.25) is 0 Å². The van der Waals surface area contributed by atoms with Gasteiger partial charge in [0.15, 0.2) is 0 Å². The topological polar surface area (TPSA) is 12.0 Å². The van der Waals surface area contributed by atoms with E-state index in [4.69, 9.17) is 11.6 Å². The monoisotopic (exact) mass is 297 g/mol. The van der Waals surface area contributed by atoms with E-state index in [0.29, 0.717) is 10.8 Å². The van der Waals surface area contributed by atoms with Crippen LogP contribution < -0.4 is 5.32 Å². The molecule has 0 bridgehead atoms. The van der Waals surface area contributed by atoms with Crippen molar-refractivity contribution in [2.24, 2.45) is 0 Å². The fraction of sp³-hybridized carbons (Fsp3) is 0.625. The minimum absolute atomic E-state index is 0.351. The predicted octanol–water partition coefficient (Wildman–Crippen LogP) is 4.45. The fourth-order valence-electron chi connectivity index (χ4n) is 2.86. The van der Waals surface area contributed by atoms with Gasteiger partial charge in [0.25, 0.3) is 0 Å². The first-order valence-electron chi connectivity index (χ1n) is 7.17. The van der Waals surface area contributed by atoms with Crippen molar-refractivity contribution in [3.63, 3.8) is 0 Å². The molecule has 2 unspecified atom stereocenters. The van der Waals surface area contributed by atoms with E-state index >= 15 is 0 Å². The minimum atomic E-state index is 0.351. The van der Waals surface area contributed by atoms with E-state index in [2.05, 4.69) is 56.0 Å². The first-order chi connectivity index (χ1) is 9.05. The maximum absolute atomic E-state index is 6.39. The van der Waals surface area contributed by atoms with Gasteiger partial charge in [-0.25, -0.2) is 0 Å². The second-order valence-corrected chi connectivity index (χ2v) is 7.71. The van der Waals surface area contributed by atoms with E-state index in [1.807, 2.05) is 0 Å². The number of thioether (sulfide) groups is 1. The van der Waals surface area contributed by atoms with Crippen LogP contribution in [0, 0.1) is 6.92 Å². The van der Waals surface area contributed by atoms with Crippen molar-refractivity contribution in [2.75, 3.05) is 12.3 Å². The number of benzene rings is 1. The maximum Gasteiger partial charge on any atom is 0.0441 e. The van der Waals surface area contributed by atoms with Gasteiger partial charge >= 0.3 is 0 Å². The van der Waals surface area contributed by atoms with Gasteiger partial charge in [0.2, 0.25) is 0 Å². The molecule has 1 N–H and O–H groups in total. The number of rotatable bonds is 5. The Morgan fingerprint density at radius 2 is 2.26 bits per heavy atom. The molecule has 106 valence electrons. The molecular weight excluding hydrogens is 274 g/mol. The third-order valence-corrected chi connectivity index (χ3v) is 6.06. The van der Waals surface area contributed by atoms with E-state index in [9.17, 15) is 0 Å². The van der Waals surface area contributed by atoms with Crippen molar-refractivity contribution in [3.8, 4) is 0 Å². The Morgan fingerprint density at radius 1 is 1.47 bits per heavy atom. The van der Waals surface area contributed by atoms with E-state index in [1.54, 1.807) is 0 Å². The minimum Gasteiger partial charge on any atom is -0.313 e. The number of nitrogens with one attached hydrogen (secondary N) is 1. The number of halogens is 1. The molecule has 1 aliphatic heterocycles. The van der Waals surface area contributed by atoms with Crippen LogP contribution in [-0.2, 0) is 6.42 Å². The zero-order chi connectivity index (χ0) is 13.9. The number of hydrogen-bond donors (Lipinski definition) is 1. The van der Waals surface area contributed by atoms with Crippen LogP contribution in [0.5, 0.6) is 0 Å². The molecule has 0 amide bonds. The molecule has 3 heteroatoms. The lowest BCUT2D eigenvalue weighted by Crippen LogP contribution is -2.46. The smallest absolute Gasteiger partial charge is 0.0441 e. The van der Waals surface area contributed by atoms with Crippen LogP contribution in [0.4, 0.5) is 0 Å². The maximum atomic E-state index is 6.39. The van der Waals surface area contributed by atoms with Crippen LogP contribution in [0.1, 0.15) is 37.8 Å². The van der Waals surface area contributed by atoms with Gasteiger partial charge in [0, 0.05) is 15.8 Å². The predicted molar refractivity (Wildman–Crippen MR) is 87.5 cm³/mol. The van der Waals surface area contributed by atoms with Crippen molar-refractivity contribution in [2.45, 2.75) is 50.8 Å². The van der Waals surface area contributed by atoms with Crippen LogP contribution in [-0.4, -0.2) is 23.1 Å². The van der Waals surface area contributed by atoms with Gasteiger partial charge in [0.1, 0.15) is 0 Å². The van der Waals surface area contributed by atoms with Crippen molar-refractivity contribution < 1.29 is 0 Å². The summed E-state index contributed by atoms with van der Waals surface area (Å²) >= 11 is 8.51. The molecule has 0 spiro atoms. The van der Waals surface area contributed by atoms with Gasteiger partial charge in [-0.15, -0.1) is 0 Å². The van der Waals surface area contributed by atoms with E-state index in [0.717, 1.165) is 18.0 Å². The highest BCUT2D eigenvalue weighted by Crippen LogP contribution is 2.41. The Morgan fingerprint density at radius 3 is 2.84 bits per heavy atom. The summed E-state index contributed by atoms with van der Waals surface area (Å²) in [6, 6.07) is 6.92. The molecule has 19 heavy (non-hydrogen) atoms. The molecule has 0 saturated carbocycles. The average Bonchev–Trinajstić information content (AvgIpc) is 2.80. The average molecular weight is 298 g/mol. The lowest BCUT2D eigenvalue weighted by Gasteiger charge is -2.34. The van der Waals surface area contributed by atoms with Crippen LogP contribution in [0.3, 0.4) is 0 Å². The second kappa shape index (κ2) is 6.51. The van der Waals surface area contributed by atoms with Gasteiger partial charge in [-0.2, -0.15) is 11.8 Å². The van der Waals surface area contributed by atoms with Gasteiger partial charge in [-0.05, 0) is 62.6 Å². The molecule has 0 radical (unpaired) electrons. The summed E-state index contributed by atoms with van der Waals surface area (Å²) in [5.74, 6) is 1.29. The Hall–Kier alpha value is -0.180. The van der Waals surface area contributed by atoms with Gasteiger partial charge < -0.3 is 5.32 Å². The molecule has 0 aliphatic carbocycles. The summed E-state index contributed by atoms with van der Waals surface area (Å²) in [4.78, 5) is 0. The first-order valence-corrected chi connectivity index (χ1v) is 8.54. The van der Waals surface area contributed by atoms with Crippen molar-refractivity contribution in [3.05, 3.63) is 34.3 Å². The summed E-state index contributed by atoms with van der Waals surface area (Å²) in [6.07, 6.45) is 3.67. The third-order valence-electron chi connectivity index (χ3n) is 4.07. The van der Waals surface area contributed by atoms with E-state index in [-0.39, 0.29) is 0 Å². The highest BCUT2D eigenvalue weighted by molar-refractivity contribution is 8.00. The summed E-state index contributed by atoms with van der Waals surface area (Å²) < 4.78 is 0.351. The molecule has 1 nitrogen and oxygen atoms in total. The molecule has 2 atom stereocenters. The highest BCUT2D eigenvalue weighted by atomic mass is 35.5. The first kappa shape index (κ1) is 15.2. The van der Waals surface area contributed by atoms with Crippen LogP contribution in [0.25, 0.3) is 0 Å². The summed E-state index contributed by atoms with van der Waals surface area (Å²) in [7, 11) is 0. The molecule has 1 fully saturated rings. The Labute approximate surface area is 126 Å². The largest absolute Gasteiger partial charge is 0.313 e. The third kappa shape index (κ3) is 3.68. The lowest BCUT2D eigenvalue weighted by atomic mass is 9.90.